The predicted octanol–water partition coefficient (Wildman–Crippen LogP) is 6.02. The van der Waals surface area contributed by atoms with Crippen LogP contribution in [0.25, 0.3) is 5.69 Å². The smallest absolute Gasteiger partial charge is 0.245 e. The molecule has 0 atom stereocenters. The number of rotatable bonds is 12. The lowest BCUT2D eigenvalue weighted by atomic mass is 9.92. The van der Waals surface area contributed by atoms with Gasteiger partial charge in [0.2, 0.25) is 11.8 Å². The molecule has 33 heavy (non-hydrogen) atoms. The normalized spacial score (nSPS) is 11.5. The van der Waals surface area contributed by atoms with Crippen molar-refractivity contribution < 1.29 is 9.59 Å². The summed E-state index contributed by atoms with van der Waals surface area (Å²) in [6.45, 7) is 13.0. The Kier molecular flexibility index (Phi) is 10.1. The van der Waals surface area contributed by atoms with E-state index in [-0.39, 0.29) is 23.8 Å². The number of amides is 2. The molecule has 182 valence electrons. The van der Waals surface area contributed by atoms with E-state index in [4.69, 9.17) is 5.10 Å². The number of likely N-dealkylation sites (N-methyl/N-ethyl adjacent to an activating group) is 1. The fourth-order valence-corrected chi connectivity index (χ4v) is 3.67. The average Bonchev–Trinajstić information content (AvgIpc) is 3.19. The number of hydrogen-bond donors (Lipinski definition) is 1. The molecule has 1 heterocycles. The number of carbonyl (C=O) groups excluding carboxylic acids is 2. The van der Waals surface area contributed by atoms with E-state index in [0.29, 0.717) is 18.8 Å². The quantitative estimate of drug-likeness (QED) is 0.399. The Labute approximate surface area is 199 Å². The first kappa shape index (κ1) is 26.6. The standard InChI is InChI=1S/C27H42N4O2/c1-7-9-10-11-12-13-14-26(33)30(8-2)20-25(32)28-24-19-23(27(4,5)6)29-31(24)22-17-15-21(3)16-18-22/h15-19H,7-14,20H2,1-6H3,(H,28,32). The predicted molar refractivity (Wildman–Crippen MR) is 136 cm³/mol. The number of benzene rings is 1. The topological polar surface area (TPSA) is 67.2 Å². The molecule has 1 aromatic carbocycles. The third kappa shape index (κ3) is 8.34. The van der Waals surface area contributed by atoms with E-state index in [1.807, 2.05) is 44.2 Å². The second-order valence-corrected chi connectivity index (χ2v) is 9.89. The van der Waals surface area contributed by atoms with E-state index in [9.17, 15) is 9.59 Å². The Morgan fingerprint density at radius 1 is 1.00 bits per heavy atom. The van der Waals surface area contributed by atoms with Crippen molar-refractivity contribution in [3.63, 3.8) is 0 Å². The van der Waals surface area contributed by atoms with Gasteiger partial charge < -0.3 is 10.2 Å². The fourth-order valence-electron chi connectivity index (χ4n) is 3.67. The highest BCUT2D eigenvalue weighted by molar-refractivity contribution is 5.94. The Balaban J connectivity index is 2.04. The van der Waals surface area contributed by atoms with Crippen molar-refractivity contribution in [1.82, 2.24) is 14.7 Å². The number of nitrogens with zero attached hydrogens (tertiary/aromatic N) is 3. The van der Waals surface area contributed by atoms with Crippen LogP contribution in [0.15, 0.2) is 30.3 Å². The molecule has 0 aliphatic carbocycles. The molecule has 0 fully saturated rings. The average molecular weight is 455 g/mol. The van der Waals surface area contributed by atoms with Crippen LogP contribution in [0.1, 0.15) is 90.8 Å². The van der Waals surface area contributed by atoms with E-state index < -0.39 is 0 Å². The zero-order chi connectivity index (χ0) is 24.4. The number of hydrogen-bond acceptors (Lipinski definition) is 3. The maximum atomic E-state index is 12.9. The van der Waals surface area contributed by atoms with Crippen LogP contribution < -0.4 is 5.32 Å². The lowest BCUT2D eigenvalue weighted by Crippen LogP contribution is -2.38. The van der Waals surface area contributed by atoms with Gasteiger partial charge in [0.15, 0.2) is 0 Å². The molecule has 1 aromatic heterocycles. The van der Waals surface area contributed by atoms with Gasteiger partial charge in [0.1, 0.15) is 5.82 Å². The molecular weight excluding hydrogens is 412 g/mol. The van der Waals surface area contributed by atoms with Gasteiger partial charge >= 0.3 is 0 Å². The van der Waals surface area contributed by atoms with Crippen molar-refractivity contribution >= 4 is 17.6 Å². The minimum absolute atomic E-state index is 0.0468. The molecule has 1 N–H and O–H groups in total. The van der Waals surface area contributed by atoms with Gasteiger partial charge in [-0.2, -0.15) is 5.10 Å². The van der Waals surface area contributed by atoms with Gasteiger partial charge in [0, 0.05) is 24.4 Å². The number of anilines is 1. The van der Waals surface area contributed by atoms with Gasteiger partial charge in [-0.15, -0.1) is 0 Å². The van der Waals surface area contributed by atoms with E-state index in [0.717, 1.165) is 29.8 Å². The van der Waals surface area contributed by atoms with Crippen molar-refractivity contribution in [3.8, 4) is 5.69 Å². The third-order valence-corrected chi connectivity index (χ3v) is 5.84. The van der Waals surface area contributed by atoms with Gasteiger partial charge in [-0.05, 0) is 32.4 Å². The number of aromatic nitrogens is 2. The van der Waals surface area contributed by atoms with Crippen LogP contribution in [0.3, 0.4) is 0 Å². The third-order valence-electron chi connectivity index (χ3n) is 5.84. The van der Waals surface area contributed by atoms with Gasteiger partial charge in [0.25, 0.3) is 0 Å². The minimum atomic E-state index is -0.207. The molecule has 6 nitrogen and oxygen atoms in total. The highest BCUT2D eigenvalue weighted by Gasteiger charge is 2.22. The van der Waals surface area contributed by atoms with Crippen molar-refractivity contribution in [3.05, 3.63) is 41.6 Å². The number of aryl methyl sites for hydroxylation is 1. The molecule has 0 bridgehead atoms. The van der Waals surface area contributed by atoms with Gasteiger partial charge in [-0.3, -0.25) is 9.59 Å². The Morgan fingerprint density at radius 2 is 1.64 bits per heavy atom. The first-order valence-corrected chi connectivity index (χ1v) is 12.4. The highest BCUT2D eigenvalue weighted by Crippen LogP contribution is 2.26. The molecule has 0 radical (unpaired) electrons. The van der Waals surface area contributed by atoms with Crippen LogP contribution in [-0.4, -0.2) is 39.6 Å². The molecule has 0 aliphatic heterocycles. The molecule has 0 spiro atoms. The molecule has 2 rings (SSSR count). The van der Waals surface area contributed by atoms with Crippen LogP contribution in [0.2, 0.25) is 0 Å². The molecule has 0 saturated heterocycles. The summed E-state index contributed by atoms with van der Waals surface area (Å²) in [7, 11) is 0. The molecule has 2 aromatic rings. The van der Waals surface area contributed by atoms with Crippen molar-refractivity contribution in [2.75, 3.05) is 18.4 Å². The Hall–Kier alpha value is -2.63. The molecule has 0 unspecified atom stereocenters. The van der Waals surface area contributed by atoms with E-state index >= 15 is 0 Å². The first-order chi connectivity index (χ1) is 15.7. The van der Waals surface area contributed by atoms with E-state index in [1.54, 1.807) is 9.58 Å². The second-order valence-electron chi connectivity index (χ2n) is 9.89. The lowest BCUT2D eigenvalue weighted by molar-refractivity contribution is -0.134. The number of nitrogens with one attached hydrogen (secondary N) is 1. The van der Waals surface area contributed by atoms with E-state index in [2.05, 4.69) is 33.0 Å². The monoisotopic (exact) mass is 454 g/mol. The summed E-state index contributed by atoms with van der Waals surface area (Å²) in [6, 6.07) is 9.96. The zero-order valence-electron chi connectivity index (χ0n) is 21.4. The van der Waals surface area contributed by atoms with Crippen LogP contribution >= 0.6 is 0 Å². The second kappa shape index (κ2) is 12.6. The molecule has 2 amide bonds. The molecule has 0 saturated carbocycles. The van der Waals surface area contributed by atoms with Gasteiger partial charge in [-0.25, -0.2) is 4.68 Å². The highest BCUT2D eigenvalue weighted by atomic mass is 16.2. The Bertz CT molecular complexity index is 894. The number of carbonyl (C=O) groups is 2. The van der Waals surface area contributed by atoms with Crippen LogP contribution in [0.4, 0.5) is 5.82 Å². The summed E-state index contributed by atoms with van der Waals surface area (Å²) in [6.07, 6.45) is 7.34. The fraction of sp³-hybridized carbons (Fsp3) is 0.593. The summed E-state index contributed by atoms with van der Waals surface area (Å²) in [5.74, 6) is 0.459. The van der Waals surface area contributed by atoms with Gasteiger partial charge in [-0.1, -0.05) is 77.5 Å². The molecular formula is C27H42N4O2. The minimum Gasteiger partial charge on any atom is -0.334 e. The molecule has 0 aliphatic rings. The van der Waals surface area contributed by atoms with Crippen LogP contribution in [-0.2, 0) is 15.0 Å². The lowest BCUT2D eigenvalue weighted by Gasteiger charge is -2.20. The number of unbranched alkanes of at least 4 members (excludes halogenated alkanes) is 5. The molecule has 6 heteroatoms. The van der Waals surface area contributed by atoms with Gasteiger partial charge in [0.05, 0.1) is 17.9 Å². The SMILES string of the molecule is CCCCCCCCC(=O)N(CC)CC(=O)Nc1cc(C(C)(C)C)nn1-c1ccc(C)cc1. The maximum Gasteiger partial charge on any atom is 0.245 e. The van der Waals surface area contributed by atoms with Crippen molar-refractivity contribution in [2.24, 2.45) is 0 Å². The van der Waals surface area contributed by atoms with Crippen molar-refractivity contribution in [2.45, 2.75) is 91.9 Å². The summed E-state index contributed by atoms with van der Waals surface area (Å²) >= 11 is 0. The van der Waals surface area contributed by atoms with Crippen molar-refractivity contribution in [1.29, 1.82) is 0 Å². The zero-order valence-corrected chi connectivity index (χ0v) is 21.4. The largest absolute Gasteiger partial charge is 0.334 e. The summed E-state index contributed by atoms with van der Waals surface area (Å²) in [4.78, 5) is 27.2. The van der Waals surface area contributed by atoms with E-state index in [1.165, 1.54) is 25.7 Å². The summed E-state index contributed by atoms with van der Waals surface area (Å²) in [5.41, 5.74) is 2.79. The maximum absolute atomic E-state index is 12.9. The summed E-state index contributed by atoms with van der Waals surface area (Å²) < 4.78 is 1.77. The first-order valence-electron chi connectivity index (χ1n) is 12.4. The van der Waals surface area contributed by atoms with Crippen LogP contribution in [0.5, 0.6) is 0 Å². The Morgan fingerprint density at radius 3 is 2.24 bits per heavy atom. The van der Waals surface area contributed by atoms with Crippen LogP contribution in [0, 0.1) is 6.92 Å². The summed E-state index contributed by atoms with van der Waals surface area (Å²) in [5, 5.41) is 7.76.